The van der Waals surface area contributed by atoms with Gasteiger partial charge in [0.2, 0.25) is 0 Å². The van der Waals surface area contributed by atoms with Crippen LogP contribution in [0, 0.1) is 0 Å². The fourth-order valence-corrected chi connectivity index (χ4v) is 0.955. The van der Waals surface area contributed by atoms with Crippen LogP contribution in [0.1, 0.15) is 5.56 Å². The first-order chi connectivity index (χ1) is 6.24. The van der Waals surface area contributed by atoms with Crippen LogP contribution in [0.4, 0.5) is 0 Å². The number of halogens is 2. The summed E-state index contributed by atoms with van der Waals surface area (Å²) in [6, 6.07) is 1.63. The van der Waals surface area contributed by atoms with Crippen molar-refractivity contribution in [2.75, 3.05) is 0 Å². The van der Waals surface area contributed by atoms with Crippen molar-refractivity contribution < 1.29 is 0 Å². The Kier molecular flexibility index (Phi) is 3.58. The van der Waals surface area contributed by atoms with E-state index in [9.17, 15) is 0 Å². The van der Waals surface area contributed by atoms with Gasteiger partial charge in [0.25, 0.3) is 0 Å². The first-order valence-corrected chi connectivity index (χ1v) is 4.01. The maximum atomic E-state index is 7.99. The molecule has 66 valence electrons. The fraction of sp³-hybridized carbons (Fsp3) is 0. The SMILES string of the molecule is [N-]=[N+]=NC=Cc1cnc(Cl)c(Cl)c1. The van der Waals surface area contributed by atoms with Gasteiger partial charge < -0.3 is 0 Å². The van der Waals surface area contributed by atoms with Crippen LogP contribution in [-0.2, 0) is 0 Å². The quantitative estimate of drug-likeness (QED) is 0.321. The lowest BCUT2D eigenvalue weighted by Crippen LogP contribution is -1.78. The summed E-state index contributed by atoms with van der Waals surface area (Å²) >= 11 is 11.3. The topological polar surface area (TPSA) is 61.7 Å². The van der Waals surface area contributed by atoms with Gasteiger partial charge in [-0.2, -0.15) is 0 Å². The van der Waals surface area contributed by atoms with Gasteiger partial charge >= 0.3 is 0 Å². The fourth-order valence-electron chi connectivity index (χ4n) is 0.676. The minimum Gasteiger partial charge on any atom is -0.242 e. The monoisotopic (exact) mass is 214 g/mol. The molecule has 0 fully saturated rings. The van der Waals surface area contributed by atoms with Gasteiger partial charge in [-0.05, 0) is 17.2 Å². The molecular weight excluding hydrogens is 211 g/mol. The molecule has 1 aromatic rings. The molecular formula is C7H4Cl2N4. The Labute approximate surface area is 84.4 Å². The summed E-state index contributed by atoms with van der Waals surface area (Å²) in [6.07, 6.45) is 4.41. The van der Waals surface area contributed by atoms with E-state index in [2.05, 4.69) is 15.0 Å². The van der Waals surface area contributed by atoms with Gasteiger partial charge in [0.1, 0.15) is 5.15 Å². The standard InChI is InChI=1S/C7H4Cl2N4/c8-6-3-5(1-2-12-13-10)4-11-7(6)9/h1-4H. The van der Waals surface area contributed by atoms with Crippen molar-refractivity contribution in [1.29, 1.82) is 0 Å². The van der Waals surface area contributed by atoms with E-state index in [1.54, 1.807) is 12.1 Å². The molecule has 1 heterocycles. The molecule has 0 saturated heterocycles. The summed E-state index contributed by atoms with van der Waals surface area (Å²) in [4.78, 5) is 6.35. The van der Waals surface area contributed by atoms with Crippen molar-refractivity contribution in [2.45, 2.75) is 0 Å². The summed E-state index contributed by atoms with van der Waals surface area (Å²) in [5.74, 6) is 0. The van der Waals surface area contributed by atoms with Crippen LogP contribution >= 0.6 is 23.2 Å². The van der Waals surface area contributed by atoms with Gasteiger partial charge in [0.05, 0.1) is 5.02 Å². The van der Waals surface area contributed by atoms with Crippen molar-refractivity contribution in [1.82, 2.24) is 4.98 Å². The molecule has 0 spiro atoms. The minimum atomic E-state index is 0.252. The highest BCUT2D eigenvalue weighted by Gasteiger charge is 1.97. The molecule has 6 heteroatoms. The van der Waals surface area contributed by atoms with E-state index >= 15 is 0 Å². The lowest BCUT2D eigenvalue weighted by Gasteiger charge is -1.95. The van der Waals surface area contributed by atoms with E-state index in [1.807, 2.05) is 0 Å². The van der Waals surface area contributed by atoms with Gasteiger partial charge in [-0.15, -0.1) is 0 Å². The zero-order chi connectivity index (χ0) is 9.68. The predicted molar refractivity (Wildman–Crippen MR) is 52.4 cm³/mol. The van der Waals surface area contributed by atoms with Crippen LogP contribution in [0.5, 0.6) is 0 Å². The second-order valence-corrected chi connectivity index (χ2v) is 2.83. The molecule has 1 rings (SSSR count). The van der Waals surface area contributed by atoms with Crippen molar-refractivity contribution >= 4 is 29.3 Å². The molecule has 0 amide bonds. The average molecular weight is 215 g/mol. The summed E-state index contributed by atoms with van der Waals surface area (Å²) < 4.78 is 0. The third kappa shape index (κ3) is 2.95. The minimum absolute atomic E-state index is 0.252. The van der Waals surface area contributed by atoms with Crippen LogP contribution in [0.15, 0.2) is 23.6 Å². The van der Waals surface area contributed by atoms with Crippen LogP contribution in [0.25, 0.3) is 16.5 Å². The number of nitrogens with zero attached hydrogens (tertiary/aromatic N) is 4. The molecule has 13 heavy (non-hydrogen) atoms. The highest BCUT2D eigenvalue weighted by Crippen LogP contribution is 2.20. The normalized spacial score (nSPS) is 10.0. The summed E-state index contributed by atoms with van der Waals surface area (Å²) in [7, 11) is 0. The van der Waals surface area contributed by atoms with Crippen molar-refractivity contribution in [3.8, 4) is 0 Å². The number of hydrogen-bond acceptors (Lipinski definition) is 2. The average Bonchev–Trinajstić information content (AvgIpc) is 2.12. The van der Waals surface area contributed by atoms with Crippen LogP contribution in [0.3, 0.4) is 0 Å². The van der Waals surface area contributed by atoms with E-state index in [-0.39, 0.29) is 5.15 Å². The van der Waals surface area contributed by atoms with E-state index in [1.165, 1.54) is 12.4 Å². The second kappa shape index (κ2) is 4.72. The van der Waals surface area contributed by atoms with Gasteiger partial charge in [0, 0.05) is 17.3 Å². The number of pyridine rings is 1. The zero-order valence-electron chi connectivity index (χ0n) is 6.35. The Bertz CT molecular complexity index is 382. The van der Waals surface area contributed by atoms with E-state index < -0.39 is 0 Å². The molecule has 4 nitrogen and oxygen atoms in total. The number of aromatic nitrogens is 1. The van der Waals surface area contributed by atoms with E-state index in [4.69, 9.17) is 28.7 Å². The molecule has 0 aliphatic heterocycles. The molecule has 0 bridgehead atoms. The number of azide groups is 1. The van der Waals surface area contributed by atoms with Crippen LogP contribution in [-0.4, -0.2) is 4.98 Å². The molecule has 1 aromatic heterocycles. The summed E-state index contributed by atoms with van der Waals surface area (Å²) in [5.41, 5.74) is 8.71. The third-order valence-corrected chi connectivity index (χ3v) is 1.89. The molecule has 0 atom stereocenters. The van der Waals surface area contributed by atoms with E-state index in [0.29, 0.717) is 5.02 Å². The highest BCUT2D eigenvalue weighted by molar-refractivity contribution is 6.41. The second-order valence-electron chi connectivity index (χ2n) is 2.06. The summed E-state index contributed by atoms with van der Waals surface area (Å²) in [5, 5.41) is 3.83. The lowest BCUT2D eigenvalue weighted by atomic mass is 10.3. The third-order valence-electron chi connectivity index (χ3n) is 1.20. The highest BCUT2D eigenvalue weighted by atomic mass is 35.5. The zero-order valence-corrected chi connectivity index (χ0v) is 7.87. The molecule has 0 aromatic carbocycles. The Morgan fingerprint density at radius 3 is 2.92 bits per heavy atom. The molecule has 0 saturated carbocycles. The molecule has 0 aliphatic carbocycles. The first-order valence-electron chi connectivity index (χ1n) is 3.26. The van der Waals surface area contributed by atoms with Crippen molar-refractivity contribution in [3.63, 3.8) is 0 Å². The predicted octanol–water partition coefficient (Wildman–Crippen LogP) is 3.67. The smallest absolute Gasteiger partial charge is 0.147 e. The Balaban J connectivity index is 2.91. The van der Waals surface area contributed by atoms with Crippen molar-refractivity contribution in [2.24, 2.45) is 5.11 Å². The molecule has 0 unspecified atom stereocenters. The number of rotatable bonds is 2. The first kappa shape index (κ1) is 9.86. The molecule has 0 N–H and O–H groups in total. The van der Waals surface area contributed by atoms with Crippen LogP contribution in [0.2, 0.25) is 10.2 Å². The van der Waals surface area contributed by atoms with Gasteiger partial charge in [-0.3, -0.25) is 0 Å². The Morgan fingerprint density at radius 1 is 1.54 bits per heavy atom. The largest absolute Gasteiger partial charge is 0.242 e. The Hall–Kier alpha value is -1.22. The van der Waals surface area contributed by atoms with E-state index in [0.717, 1.165) is 5.56 Å². The molecule has 0 aliphatic rings. The summed E-state index contributed by atoms with van der Waals surface area (Å²) in [6.45, 7) is 0. The lowest BCUT2D eigenvalue weighted by molar-refractivity contribution is 1.31. The number of hydrogen-bond donors (Lipinski definition) is 0. The van der Waals surface area contributed by atoms with Crippen molar-refractivity contribution in [3.05, 3.63) is 44.6 Å². The van der Waals surface area contributed by atoms with Crippen LogP contribution < -0.4 is 0 Å². The molecule has 0 radical (unpaired) electrons. The maximum Gasteiger partial charge on any atom is 0.147 e. The van der Waals surface area contributed by atoms with Gasteiger partial charge in [-0.1, -0.05) is 34.4 Å². The van der Waals surface area contributed by atoms with Gasteiger partial charge in [0.15, 0.2) is 0 Å². The van der Waals surface area contributed by atoms with Gasteiger partial charge in [-0.25, -0.2) is 4.98 Å². The maximum absolute atomic E-state index is 7.99. The Morgan fingerprint density at radius 2 is 2.31 bits per heavy atom.